The summed E-state index contributed by atoms with van der Waals surface area (Å²) >= 11 is 3.38. The first-order chi connectivity index (χ1) is 8.08. The zero-order valence-electron chi connectivity index (χ0n) is 10.3. The number of likely N-dealkylation sites (tertiary alicyclic amines) is 1. The Morgan fingerprint density at radius 1 is 1.35 bits per heavy atom. The minimum atomic E-state index is 0.167. The Morgan fingerprint density at radius 2 is 2.00 bits per heavy atom. The largest absolute Gasteiger partial charge is 0.338 e. The molecule has 0 bridgehead atoms. The molecule has 0 N–H and O–H groups in total. The van der Waals surface area contributed by atoms with E-state index in [1.54, 1.807) is 0 Å². The van der Waals surface area contributed by atoms with Crippen molar-refractivity contribution in [2.45, 2.75) is 20.3 Å². The van der Waals surface area contributed by atoms with Crippen LogP contribution in [0.2, 0.25) is 0 Å². The molecule has 92 valence electrons. The maximum atomic E-state index is 12.2. The van der Waals surface area contributed by atoms with Crippen molar-refractivity contribution in [3.63, 3.8) is 0 Å². The molecular formula is C14H18BrNO. The van der Waals surface area contributed by atoms with Gasteiger partial charge < -0.3 is 4.90 Å². The van der Waals surface area contributed by atoms with Crippen LogP contribution in [0, 0.1) is 11.8 Å². The predicted molar refractivity (Wildman–Crippen MR) is 73.0 cm³/mol. The molecule has 1 atom stereocenters. The van der Waals surface area contributed by atoms with Crippen molar-refractivity contribution in [1.29, 1.82) is 0 Å². The summed E-state index contributed by atoms with van der Waals surface area (Å²) < 4.78 is 1.01. The van der Waals surface area contributed by atoms with E-state index in [1.165, 1.54) is 0 Å². The minimum Gasteiger partial charge on any atom is -0.338 e. The molecule has 1 aromatic rings. The summed E-state index contributed by atoms with van der Waals surface area (Å²) in [5.74, 6) is 1.49. The molecule has 1 aromatic carbocycles. The first kappa shape index (κ1) is 12.6. The van der Waals surface area contributed by atoms with Gasteiger partial charge in [0.25, 0.3) is 5.91 Å². The van der Waals surface area contributed by atoms with Crippen molar-refractivity contribution >= 4 is 21.8 Å². The van der Waals surface area contributed by atoms with Gasteiger partial charge in [-0.2, -0.15) is 0 Å². The van der Waals surface area contributed by atoms with Crippen molar-refractivity contribution in [2.75, 3.05) is 13.1 Å². The fraction of sp³-hybridized carbons (Fsp3) is 0.500. The van der Waals surface area contributed by atoms with E-state index in [2.05, 4.69) is 29.8 Å². The normalized spacial score (nSPS) is 20.0. The lowest BCUT2D eigenvalue weighted by Crippen LogP contribution is -2.29. The first-order valence-electron chi connectivity index (χ1n) is 6.13. The molecule has 0 saturated carbocycles. The quantitative estimate of drug-likeness (QED) is 0.817. The van der Waals surface area contributed by atoms with Gasteiger partial charge in [0, 0.05) is 23.1 Å². The number of halogens is 1. The van der Waals surface area contributed by atoms with Gasteiger partial charge in [-0.05, 0) is 42.5 Å². The molecule has 2 nitrogen and oxygen atoms in total. The van der Waals surface area contributed by atoms with Gasteiger partial charge in [-0.25, -0.2) is 0 Å². The topological polar surface area (TPSA) is 20.3 Å². The summed E-state index contributed by atoms with van der Waals surface area (Å²) in [6, 6.07) is 7.61. The zero-order chi connectivity index (χ0) is 12.4. The maximum Gasteiger partial charge on any atom is 0.253 e. The lowest BCUT2D eigenvalue weighted by Gasteiger charge is -2.18. The molecule has 1 aliphatic heterocycles. The van der Waals surface area contributed by atoms with Crippen molar-refractivity contribution in [3.8, 4) is 0 Å². The minimum absolute atomic E-state index is 0.167. The van der Waals surface area contributed by atoms with Gasteiger partial charge in [-0.3, -0.25) is 4.79 Å². The SMILES string of the molecule is CC(C)C1CCN(C(=O)c2ccc(Br)cc2)C1. The number of carbonyl (C=O) groups is 1. The molecule has 1 unspecified atom stereocenters. The van der Waals surface area contributed by atoms with Crippen LogP contribution in [-0.4, -0.2) is 23.9 Å². The van der Waals surface area contributed by atoms with Crippen molar-refractivity contribution in [3.05, 3.63) is 34.3 Å². The number of carbonyl (C=O) groups excluding carboxylic acids is 1. The second-order valence-corrected chi connectivity index (χ2v) is 5.97. The Kier molecular flexibility index (Phi) is 3.87. The van der Waals surface area contributed by atoms with Crippen molar-refractivity contribution in [2.24, 2.45) is 11.8 Å². The van der Waals surface area contributed by atoms with E-state index in [4.69, 9.17) is 0 Å². The summed E-state index contributed by atoms with van der Waals surface area (Å²) in [5.41, 5.74) is 0.789. The zero-order valence-corrected chi connectivity index (χ0v) is 11.9. The molecule has 1 aliphatic rings. The lowest BCUT2D eigenvalue weighted by molar-refractivity contribution is 0.0784. The van der Waals surface area contributed by atoms with Crippen LogP contribution in [0.4, 0.5) is 0 Å². The van der Waals surface area contributed by atoms with Crippen LogP contribution in [0.25, 0.3) is 0 Å². The van der Waals surface area contributed by atoms with E-state index in [0.717, 1.165) is 29.5 Å². The van der Waals surface area contributed by atoms with E-state index in [-0.39, 0.29) is 5.91 Å². The third kappa shape index (κ3) is 2.89. The molecule has 0 radical (unpaired) electrons. The average Bonchev–Trinajstić information content (AvgIpc) is 2.78. The Bertz CT molecular complexity index is 399. The van der Waals surface area contributed by atoms with Crippen molar-refractivity contribution in [1.82, 2.24) is 4.90 Å². The van der Waals surface area contributed by atoms with Gasteiger partial charge in [0.2, 0.25) is 0 Å². The third-order valence-electron chi connectivity index (χ3n) is 3.55. The molecule has 0 spiro atoms. The van der Waals surface area contributed by atoms with Gasteiger partial charge in [-0.15, -0.1) is 0 Å². The van der Waals surface area contributed by atoms with E-state index in [9.17, 15) is 4.79 Å². The molecule has 2 rings (SSSR count). The highest BCUT2D eigenvalue weighted by atomic mass is 79.9. The van der Waals surface area contributed by atoms with E-state index in [1.807, 2.05) is 29.2 Å². The van der Waals surface area contributed by atoms with Gasteiger partial charge in [-0.1, -0.05) is 29.8 Å². The smallest absolute Gasteiger partial charge is 0.253 e. The molecule has 1 heterocycles. The molecule has 1 saturated heterocycles. The van der Waals surface area contributed by atoms with Crippen LogP contribution in [0.15, 0.2) is 28.7 Å². The second-order valence-electron chi connectivity index (χ2n) is 5.05. The molecule has 17 heavy (non-hydrogen) atoms. The molecule has 0 aromatic heterocycles. The molecule has 3 heteroatoms. The van der Waals surface area contributed by atoms with Crippen LogP contribution < -0.4 is 0 Å². The predicted octanol–water partition coefficient (Wildman–Crippen LogP) is 3.57. The van der Waals surface area contributed by atoms with Crippen LogP contribution in [0.1, 0.15) is 30.6 Å². The van der Waals surface area contributed by atoms with Gasteiger partial charge in [0.05, 0.1) is 0 Å². The van der Waals surface area contributed by atoms with Gasteiger partial charge in [0.1, 0.15) is 0 Å². The highest BCUT2D eigenvalue weighted by Gasteiger charge is 2.28. The highest BCUT2D eigenvalue weighted by Crippen LogP contribution is 2.25. The average molecular weight is 296 g/mol. The summed E-state index contributed by atoms with van der Waals surface area (Å²) in [5, 5.41) is 0. The number of benzene rings is 1. The van der Waals surface area contributed by atoms with E-state index >= 15 is 0 Å². The standard InChI is InChI=1S/C14H18BrNO/c1-10(2)12-7-8-16(9-12)14(17)11-3-5-13(15)6-4-11/h3-6,10,12H,7-9H2,1-2H3. The Morgan fingerprint density at radius 3 is 2.53 bits per heavy atom. The fourth-order valence-electron chi connectivity index (χ4n) is 2.29. The van der Waals surface area contributed by atoms with Crippen molar-refractivity contribution < 1.29 is 4.79 Å². The number of amides is 1. The molecule has 1 fully saturated rings. The Hall–Kier alpha value is -0.830. The summed E-state index contributed by atoms with van der Waals surface area (Å²) in [6.07, 6.45) is 1.14. The molecule has 1 amide bonds. The first-order valence-corrected chi connectivity index (χ1v) is 6.92. The number of hydrogen-bond acceptors (Lipinski definition) is 1. The maximum absolute atomic E-state index is 12.2. The van der Waals surface area contributed by atoms with E-state index in [0.29, 0.717) is 11.8 Å². The number of rotatable bonds is 2. The number of nitrogens with zero attached hydrogens (tertiary/aromatic N) is 1. The van der Waals surface area contributed by atoms with E-state index < -0.39 is 0 Å². The van der Waals surface area contributed by atoms with Crippen LogP contribution in [0.3, 0.4) is 0 Å². The van der Waals surface area contributed by atoms with Gasteiger partial charge in [0.15, 0.2) is 0 Å². The van der Waals surface area contributed by atoms with Crippen LogP contribution >= 0.6 is 15.9 Å². The Labute approximate surface area is 111 Å². The second kappa shape index (κ2) is 5.21. The molecule has 0 aliphatic carbocycles. The summed E-state index contributed by atoms with van der Waals surface area (Å²) in [4.78, 5) is 14.2. The highest BCUT2D eigenvalue weighted by molar-refractivity contribution is 9.10. The Balaban J connectivity index is 2.04. The summed E-state index contributed by atoms with van der Waals surface area (Å²) in [6.45, 7) is 6.28. The summed E-state index contributed by atoms with van der Waals surface area (Å²) in [7, 11) is 0. The van der Waals surface area contributed by atoms with Gasteiger partial charge >= 0.3 is 0 Å². The third-order valence-corrected chi connectivity index (χ3v) is 4.07. The van der Waals surface area contributed by atoms with Crippen LogP contribution in [0.5, 0.6) is 0 Å². The monoisotopic (exact) mass is 295 g/mol. The lowest BCUT2D eigenvalue weighted by atomic mass is 9.95. The molecular weight excluding hydrogens is 278 g/mol. The fourth-order valence-corrected chi connectivity index (χ4v) is 2.56. The number of hydrogen-bond donors (Lipinski definition) is 0. The van der Waals surface area contributed by atoms with Crippen LogP contribution in [-0.2, 0) is 0 Å².